The fourth-order valence-electron chi connectivity index (χ4n) is 1.69. The van der Waals surface area contributed by atoms with E-state index < -0.39 is 0 Å². The molecule has 1 aliphatic rings. The summed E-state index contributed by atoms with van der Waals surface area (Å²) < 4.78 is 0. The van der Waals surface area contributed by atoms with Crippen LogP contribution >= 0.6 is 11.8 Å². The van der Waals surface area contributed by atoms with Crippen LogP contribution in [0.3, 0.4) is 0 Å². The van der Waals surface area contributed by atoms with E-state index in [1.165, 1.54) is 17.2 Å². The second kappa shape index (κ2) is 4.66. The largest absolute Gasteiger partial charge is 0.370 e. The summed E-state index contributed by atoms with van der Waals surface area (Å²) in [5.74, 6) is 2.43. The van der Waals surface area contributed by atoms with Crippen molar-refractivity contribution in [2.75, 3.05) is 29.5 Å². The van der Waals surface area contributed by atoms with E-state index >= 15 is 0 Å². The van der Waals surface area contributed by atoms with Crippen LogP contribution in [0.2, 0.25) is 0 Å². The van der Waals surface area contributed by atoms with Gasteiger partial charge in [-0.25, -0.2) is 0 Å². The molecule has 0 aliphatic carbocycles. The Labute approximate surface area is 88.7 Å². The maximum Gasteiger partial charge on any atom is 0.0443 e. The molecule has 1 aromatic heterocycles. The zero-order valence-corrected chi connectivity index (χ0v) is 8.96. The normalized spacial score (nSPS) is 17.1. The molecule has 0 unspecified atom stereocenters. The third-order valence-electron chi connectivity index (χ3n) is 2.45. The molecule has 2 heterocycles. The summed E-state index contributed by atoms with van der Waals surface area (Å²) in [5.41, 5.74) is 8.10. The highest BCUT2D eigenvalue weighted by molar-refractivity contribution is 7.99. The van der Waals surface area contributed by atoms with Crippen molar-refractivity contribution < 1.29 is 0 Å². The Morgan fingerprint density at radius 3 is 2.93 bits per heavy atom. The molecule has 0 radical (unpaired) electrons. The highest BCUT2D eigenvalue weighted by Crippen LogP contribution is 2.22. The van der Waals surface area contributed by atoms with Gasteiger partial charge in [-0.05, 0) is 6.07 Å². The molecule has 14 heavy (non-hydrogen) atoms. The van der Waals surface area contributed by atoms with Gasteiger partial charge in [0, 0.05) is 54.8 Å². The minimum atomic E-state index is 0.576. The first-order chi connectivity index (χ1) is 6.92. The lowest BCUT2D eigenvalue weighted by Crippen LogP contribution is -2.33. The maximum atomic E-state index is 5.69. The molecule has 1 aliphatic heterocycles. The Morgan fingerprint density at radius 1 is 1.43 bits per heavy atom. The molecule has 0 aromatic carbocycles. The van der Waals surface area contributed by atoms with Crippen LogP contribution in [-0.2, 0) is 6.54 Å². The van der Waals surface area contributed by atoms with Crippen molar-refractivity contribution in [1.29, 1.82) is 0 Å². The van der Waals surface area contributed by atoms with E-state index in [1.54, 1.807) is 0 Å². The van der Waals surface area contributed by atoms with Crippen LogP contribution in [0, 0.1) is 0 Å². The van der Waals surface area contributed by atoms with Gasteiger partial charge in [-0.1, -0.05) is 0 Å². The summed E-state index contributed by atoms with van der Waals surface area (Å²) in [6.07, 6.45) is 3.72. The van der Waals surface area contributed by atoms with E-state index in [0.717, 1.165) is 18.7 Å². The molecule has 76 valence electrons. The molecule has 0 saturated carbocycles. The summed E-state index contributed by atoms with van der Waals surface area (Å²) in [5, 5.41) is 0. The van der Waals surface area contributed by atoms with Gasteiger partial charge in [-0.15, -0.1) is 0 Å². The smallest absolute Gasteiger partial charge is 0.0443 e. The fourth-order valence-corrected chi connectivity index (χ4v) is 2.59. The second-order valence-electron chi connectivity index (χ2n) is 3.31. The molecule has 1 fully saturated rings. The molecule has 0 amide bonds. The topological polar surface area (TPSA) is 42.1 Å². The lowest BCUT2D eigenvalue weighted by Gasteiger charge is -2.29. The highest BCUT2D eigenvalue weighted by atomic mass is 32.2. The number of thioether (sulfide) groups is 1. The Hall–Kier alpha value is -0.740. The van der Waals surface area contributed by atoms with Gasteiger partial charge in [0.25, 0.3) is 0 Å². The van der Waals surface area contributed by atoms with Crippen molar-refractivity contribution in [3.05, 3.63) is 24.0 Å². The second-order valence-corrected chi connectivity index (χ2v) is 4.53. The van der Waals surface area contributed by atoms with Crippen molar-refractivity contribution in [2.24, 2.45) is 5.73 Å². The number of rotatable bonds is 2. The third-order valence-corrected chi connectivity index (χ3v) is 3.39. The van der Waals surface area contributed by atoms with E-state index in [2.05, 4.69) is 16.0 Å². The zero-order chi connectivity index (χ0) is 9.80. The van der Waals surface area contributed by atoms with Gasteiger partial charge in [0.2, 0.25) is 0 Å². The van der Waals surface area contributed by atoms with Crippen molar-refractivity contribution in [1.82, 2.24) is 4.98 Å². The Kier molecular flexibility index (Phi) is 3.26. The summed E-state index contributed by atoms with van der Waals surface area (Å²) >= 11 is 2.02. The number of anilines is 1. The number of nitrogens with two attached hydrogens (primary N) is 1. The van der Waals surface area contributed by atoms with Gasteiger partial charge in [-0.2, -0.15) is 11.8 Å². The maximum absolute atomic E-state index is 5.69. The van der Waals surface area contributed by atoms with Gasteiger partial charge in [-0.3, -0.25) is 4.98 Å². The van der Waals surface area contributed by atoms with Gasteiger partial charge in [0.15, 0.2) is 0 Å². The minimum Gasteiger partial charge on any atom is -0.370 e. The van der Waals surface area contributed by atoms with Gasteiger partial charge >= 0.3 is 0 Å². The minimum absolute atomic E-state index is 0.576. The molecular formula is C10H15N3S. The summed E-state index contributed by atoms with van der Waals surface area (Å²) in [6, 6.07) is 2.07. The van der Waals surface area contributed by atoms with E-state index in [0.29, 0.717) is 6.54 Å². The summed E-state index contributed by atoms with van der Waals surface area (Å²) in [7, 11) is 0. The van der Waals surface area contributed by atoms with E-state index in [9.17, 15) is 0 Å². The van der Waals surface area contributed by atoms with Crippen LogP contribution in [-0.4, -0.2) is 29.6 Å². The fraction of sp³-hybridized carbons (Fsp3) is 0.500. The average molecular weight is 209 g/mol. The number of aromatic nitrogens is 1. The molecule has 2 N–H and O–H groups in total. The summed E-state index contributed by atoms with van der Waals surface area (Å²) in [6.45, 7) is 2.83. The average Bonchev–Trinajstić information content (AvgIpc) is 2.30. The van der Waals surface area contributed by atoms with Crippen molar-refractivity contribution in [3.8, 4) is 0 Å². The first-order valence-electron chi connectivity index (χ1n) is 4.87. The number of pyridine rings is 1. The van der Waals surface area contributed by atoms with Crippen LogP contribution in [0.25, 0.3) is 0 Å². The van der Waals surface area contributed by atoms with E-state index in [1.807, 2.05) is 24.2 Å². The zero-order valence-electron chi connectivity index (χ0n) is 8.15. The standard InChI is InChI=1S/C10H15N3S/c11-7-9-8-12-2-1-10(9)13-3-5-14-6-4-13/h1-2,8H,3-7,11H2. The Bertz CT molecular complexity index is 297. The quantitative estimate of drug-likeness (QED) is 0.792. The molecule has 0 bridgehead atoms. The molecular weight excluding hydrogens is 194 g/mol. The van der Waals surface area contributed by atoms with Gasteiger partial charge in [0.05, 0.1) is 0 Å². The lowest BCUT2D eigenvalue weighted by molar-refractivity contribution is 0.843. The molecule has 2 rings (SSSR count). The lowest BCUT2D eigenvalue weighted by atomic mass is 10.2. The molecule has 1 saturated heterocycles. The van der Waals surface area contributed by atoms with Crippen LogP contribution < -0.4 is 10.6 Å². The van der Waals surface area contributed by atoms with E-state index in [-0.39, 0.29) is 0 Å². The number of nitrogens with zero attached hydrogens (tertiary/aromatic N) is 2. The van der Waals surface area contributed by atoms with Crippen LogP contribution in [0.15, 0.2) is 18.5 Å². The SMILES string of the molecule is NCc1cnccc1N1CCSCC1. The highest BCUT2D eigenvalue weighted by Gasteiger charge is 2.13. The monoisotopic (exact) mass is 209 g/mol. The van der Waals surface area contributed by atoms with Crippen LogP contribution in [0.5, 0.6) is 0 Å². The van der Waals surface area contributed by atoms with Gasteiger partial charge < -0.3 is 10.6 Å². The number of hydrogen-bond acceptors (Lipinski definition) is 4. The molecule has 0 spiro atoms. The third kappa shape index (κ3) is 2.01. The van der Waals surface area contributed by atoms with Crippen molar-refractivity contribution in [2.45, 2.75) is 6.54 Å². The van der Waals surface area contributed by atoms with Gasteiger partial charge in [0.1, 0.15) is 0 Å². The summed E-state index contributed by atoms with van der Waals surface area (Å²) in [4.78, 5) is 6.50. The number of hydrogen-bond donors (Lipinski definition) is 1. The Morgan fingerprint density at radius 2 is 2.21 bits per heavy atom. The molecule has 3 nitrogen and oxygen atoms in total. The Balaban J connectivity index is 2.20. The predicted octanol–water partition coefficient (Wildman–Crippen LogP) is 1.09. The van der Waals surface area contributed by atoms with Crippen molar-refractivity contribution >= 4 is 17.4 Å². The predicted molar refractivity (Wildman–Crippen MR) is 61.7 cm³/mol. The molecule has 0 atom stereocenters. The first kappa shape index (κ1) is 9.80. The van der Waals surface area contributed by atoms with Crippen LogP contribution in [0.4, 0.5) is 5.69 Å². The van der Waals surface area contributed by atoms with Crippen molar-refractivity contribution in [3.63, 3.8) is 0 Å². The first-order valence-corrected chi connectivity index (χ1v) is 6.03. The molecule has 1 aromatic rings. The van der Waals surface area contributed by atoms with E-state index in [4.69, 9.17) is 5.73 Å². The molecule has 4 heteroatoms. The van der Waals surface area contributed by atoms with Crippen LogP contribution in [0.1, 0.15) is 5.56 Å².